The summed E-state index contributed by atoms with van der Waals surface area (Å²) in [5.74, 6) is 0.414. The van der Waals surface area contributed by atoms with Gasteiger partial charge in [0.15, 0.2) is 0 Å². The van der Waals surface area contributed by atoms with Crippen molar-refractivity contribution in [1.29, 1.82) is 0 Å². The monoisotopic (exact) mass is 440 g/mol. The maximum atomic E-state index is 13.1. The molecule has 0 fully saturated rings. The molecular weight excluding hydrogens is 412 g/mol. The third kappa shape index (κ3) is 5.26. The van der Waals surface area contributed by atoms with Crippen LogP contribution >= 0.6 is 0 Å². The lowest BCUT2D eigenvalue weighted by Gasteiger charge is -2.25. The van der Waals surface area contributed by atoms with Gasteiger partial charge in [-0.05, 0) is 51.5 Å². The summed E-state index contributed by atoms with van der Waals surface area (Å²) in [6, 6.07) is 21.8. The predicted molar refractivity (Wildman–Crippen MR) is 129 cm³/mol. The highest BCUT2D eigenvalue weighted by Gasteiger charge is 2.19. The van der Waals surface area contributed by atoms with Gasteiger partial charge in [-0.25, -0.2) is 14.6 Å². The maximum absolute atomic E-state index is 13.1. The summed E-state index contributed by atoms with van der Waals surface area (Å²) >= 11 is 0. The number of nitrogens with zero attached hydrogens (tertiary/aromatic N) is 5. The Bertz CT molecular complexity index is 1230. The molecule has 2 aromatic carbocycles. The minimum absolute atomic E-state index is 0.109. The largest absolute Gasteiger partial charge is 0.281 e. The van der Waals surface area contributed by atoms with Gasteiger partial charge in [0.1, 0.15) is 0 Å². The van der Waals surface area contributed by atoms with Crippen molar-refractivity contribution in [2.45, 2.75) is 40.7 Å². The van der Waals surface area contributed by atoms with Gasteiger partial charge in [0, 0.05) is 22.6 Å². The zero-order chi connectivity index (χ0) is 23.4. The minimum atomic E-state index is -0.109. The average molecular weight is 441 g/mol. The molecule has 1 N–H and O–H groups in total. The number of aryl methyl sites for hydroxylation is 3. The Balaban J connectivity index is 1.56. The van der Waals surface area contributed by atoms with Crippen LogP contribution in [0.5, 0.6) is 0 Å². The van der Waals surface area contributed by atoms with Crippen LogP contribution in [-0.4, -0.2) is 25.7 Å². The van der Waals surface area contributed by atoms with Crippen molar-refractivity contribution in [3.8, 4) is 5.95 Å². The van der Waals surface area contributed by atoms with E-state index in [-0.39, 0.29) is 12.3 Å². The van der Waals surface area contributed by atoms with E-state index < -0.39 is 0 Å². The first-order chi connectivity index (χ1) is 15.9. The molecule has 7 heteroatoms. The first-order valence-corrected chi connectivity index (χ1v) is 10.9. The predicted octanol–water partition coefficient (Wildman–Crippen LogP) is 4.18. The summed E-state index contributed by atoms with van der Waals surface area (Å²) in [5, 5.41) is 6.49. The first kappa shape index (κ1) is 22.2. The molecule has 0 radical (unpaired) electrons. The van der Waals surface area contributed by atoms with Gasteiger partial charge in [0.05, 0.1) is 24.3 Å². The van der Waals surface area contributed by atoms with E-state index >= 15 is 0 Å². The fourth-order valence-corrected chi connectivity index (χ4v) is 3.85. The Kier molecular flexibility index (Phi) is 6.49. The van der Waals surface area contributed by atoms with E-state index in [1.54, 1.807) is 4.68 Å². The number of hydrogen-bond donors (Lipinski definition) is 1. The van der Waals surface area contributed by atoms with E-state index in [1.165, 1.54) is 0 Å². The molecule has 0 aliphatic heterocycles. The summed E-state index contributed by atoms with van der Waals surface area (Å²) in [7, 11) is 0. The van der Waals surface area contributed by atoms with Gasteiger partial charge in [-0.1, -0.05) is 48.5 Å². The normalized spacial score (nSPS) is 10.8. The van der Waals surface area contributed by atoms with Crippen LogP contribution < -0.4 is 10.4 Å². The fourth-order valence-electron chi connectivity index (χ4n) is 3.85. The molecule has 168 valence electrons. The van der Waals surface area contributed by atoms with Gasteiger partial charge < -0.3 is 0 Å². The highest BCUT2D eigenvalue weighted by Crippen LogP contribution is 2.19. The number of carbonyl (C=O) groups excluding carboxylic acids is 1. The van der Waals surface area contributed by atoms with Crippen molar-refractivity contribution in [2.75, 3.05) is 5.01 Å². The number of para-hydroxylation sites is 1. The van der Waals surface area contributed by atoms with Crippen molar-refractivity contribution in [2.24, 2.45) is 0 Å². The number of nitrogens with one attached hydrogen (secondary N) is 1. The second kappa shape index (κ2) is 9.65. The van der Waals surface area contributed by atoms with E-state index in [0.717, 1.165) is 39.6 Å². The number of hydrogen-bond acceptors (Lipinski definition) is 5. The van der Waals surface area contributed by atoms with Crippen LogP contribution in [0.15, 0.2) is 66.7 Å². The van der Waals surface area contributed by atoms with Gasteiger partial charge in [-0.15, -0.1) is 0 Å². The van der Waals surface area contributed by atoms with Crippen LogP contribution in [0, 0.1) is 27.7 Å². The van der Waals surface area contributed by atoms with Gasteiger partial charge in [0.25, 0.3) is 5.95 Å². The Morgan fingerprint density at radius 3 is 2.15 bits per heavy atom. The van der Waals surface area contributed by atoms with Gasteiger partial charge in [-0.2, -0.15) is 5.10 Å². The van der Waals surface area contributed by atoms with Crippen LogP contribution in [0.25, 0.3) is 5.95 Å². The minimum Gasteiger partial charge on any atom is -0.281 e. The van der Waals surface area contributed by atoms with E-state index in [4.69, 9.17) is 0 Å². The Morgan fingerprint density at radius 2 is 1.52 bits per heavy atom. The van der Waals surface area contributed by atoms with Crippen molar-refractivity contribution in [3.63, 3.8) is 0 Å². The van der Waals surface area contributed by atoms with E-state index in [1.807, 2.05) is 99.4 Å². The number of rotatable bonds is 7. The Hall–Kier alpha value is -4.00. The molecule has 0 bridgehead atoms. The molecule has 33 heavy (non-hydrogen) atoms. The number of aromatic nitrogens is 4. The Morgan fingerprint density at radius 1 is 0.909 bits per heavy atom. The molecule has 0 atom stereocenters. The van der Waals surface area contributed by atoms with Gasteiger partial charge in [0.2, 0.25) is 5.91 Å². The number of hydrazine groups is 1. The van der Waals surface area contributed by atoms with Gasteiger partial charge in [-0.3, -0.25) is 15.2 Å². The summed E-state index contributed by atoms with van der Waals surface area (Å²) in [6.45, 7) is 8.28. The zero-order valence-electron chi connectivity index (χ0n) is 19.4. The lowest BCUT2D eigenvalue weighted by Crippen LogP contribution is -2.42. The first-order valence-electron chi connectivity index (χ1n) is 10.9. The number of carbonyl (C=O) groups is 1. The fraction of sp³-hybridized carbons (Fsp3) is 0.231. The second-order valence-electron chi connectivity index (χ2n) is 8.13. The number of amides is 1. The van der Waals surface area contributed by atoms with Crippen LogP contribution in [-0.2, 0) is 17.8 Å². The maximum Gasteiger partial charge on any atom is 0.251 e. The van der Waals surface area contributed by atoms with Crippen LogP contribution in [0.3, 0.4) is 0 Å². The van der Waals surface area contributed by atoms with E-state index in [0.29, 0.717) is 12.5 Å². The molecule has 2 heterocycles. The second-order valence-corrected chi connectivity index (χ2v) is 8.13. The summed E-state index contributed by atoms with van der Waals surface area (Å²) in [6.07, 6.45) is 0.209. The molecule has 0 spiro atoms. The standard InChI is InChI=1S/C26H28N6O/c1-18-15-19(2)28-26(27-18)32-21(4)24(20(3)29-32)16-25(33)30-31(23-13-9-6-10-14-23)17-22-11-7-5-8-12-22/h5-15H,16-17H2,1-4H3,(H,30,33). The third-order valence-corrected chi connectivity index (χ3v) is 5.45. The van der Waals surface area contributed by atoms with Crippen LogP contribution in [0.2, 0.25) is 0 Å². The van der Waals surface area contributed by atoms with Crippen LogP contribution in [0.4, 0.5) is 5.69 Å². The van der Waals surface area contributed by atoms with Crippen LogP contribution in [0.1, 0.15) is 33.9 Å². The molecule has 4 rings (SSSR count). The number of benzene rings is 2. The van der Waals surface area contributed by atoms with E-state index in [2.05, 4.69) is 20.5 Å². The van der Waals surface area contributed by atoms with Crippen molar-refractivity contribution in [1.82, 2.24) is 25.2 Å². The molecule has 2 aromatic heterocycles. The summed E-state index contributed by atoms with van der Waals surface area (Å²) < 4.78 is 1.72. The quantitative estimate of drug-likeness (QED) is 0.437. The molecule has 0 saturated heterocycles. The highest BCUT2D eigenvalue weighted by atomic mass is 16.2. The molecule has 7 nitrogen and oxygen atoms in total. The molecule has 4 aromatic rings. The molecule has 0 aliphatic carbocycles. The lowest BCUT2D eigenvalue weighted by atomic mass is 10.1. The smallest absolute Gasteiger partial charge is 0.251 e. The molecule has 1 amide bonds. The molecule has 0 unspecified atom stereocenters. The molecular formula is C26H28N6O. The van der Waals surface area contributed by atoms with E-state index in [9.17, 15) is 4.79 Å². The zero-order valence-corrected chi connectivity index (χ0v) is 19.4. The van der Waals surface area contributed by atoms with Crippen molar-refractivity contribution < 1.29 is 4.79 Å². The topological polar surface area (TPSA) is 75.9 Å². The lowest BCUT2D eigenvalue weighted by molar-refractivity contribution is -0.120. The SMILES string of the molecule is Cc1cc(C)nc(-n2nc(C)c(CC(=O)NN(Cc3ccccc3)c3ccccc3)c2C)n1. The summed E-state index contributed by atoms with van der Waals surface area (Å²) in [5.41, 5.74) is 9.39. The number of anilines is 1. The highest BCUT2D eigenvalue weighted by molar-refractivity contribution is 5.80. The van der Waals surface area contributed by atoms with Crippen molar-refractivity contribution >= 4 is 11.6 Å². The third-order valence-electron chi connectivity index (χ3n) is 5.45. The van der Waals surface area contributed by atoms with Crippen molar-refractivity contribution in [3.05, 3.63) is 101 Å². The average Bonchev–Trinajstić information content (AvgIpc) is 3.07. The Labute approximate surface area is 194 Å². The summed E-state index contributed by atoms with van der Waals surface area (Å²) in [4.78, 5) is 22.2. The molecule has 0 saturated carbocycles. The molecule has 0 aliphatic rings. The van der Waals surface area contributed by atoms with Gasteiger partial charge >= 0.3 is 0 Å².